The lowest BCUT2D eigenvalue weighted by atomic mass is 10.0. The molecule has 0 saturated carbocycles. The van der Waals surface area contributed by atoms with Crippen LogP contribution in [0.4, 0.5) is 5.69 Å². The van der Waals surface area contributed by atoms with Gasteiger partial charge in [-0.2, -0.15) is 0 Å². The quantitative estimate of drug-likeness (QED) is 0.212. The number of thioether (sulfide) groups is 1. The smallest absolute Gasteiger partial charge is 0.338 e. The molecule has 1 aromatic heterocycles. The van der Waals surface area contributed by atoms with Gasteiger partial charge >= 0.3 is 5.97 Å². The van der Waals surface area contributed by atoms with Crippen LogP contribution in [0.25, 0.3) is 10.8 Å². The molecule has 192 valence electrons. The maximum Gasteiger partial charge on any atom is 0.338 e. The Morgan fingerprint density at radius 3 is 2.68 bits per heavy atom. The molecule has 4 rings (SSSR count). The lowest BCUT2D eigenvalue weighted by molar-refractivity contribution is -0.113. The van der Waals surface area contributed by atoms with Crippen LogP contribution in [0.5, 0.6) is 5.75 Å². The number of rotatable bonds is 9. The van der Waals surface area contributed by atoms with Crippen molar-refractivity contribution in [1.82, 2.24) is 14.8 Å². The molecule has 0 radical (unpaired) electrons. The van der Waals surface area contributed by atoms with Gasteiger partial charge in [-0.25, -0.2) is 4.79 Å². The molecule has 4 aromatic rings. The van der Waals surface area contributed by atoms with Crippen molar-refractivity contribution in [1.29, 1.82) is 0 Å². The van der Waals surface area contributed by atoms with Gasteiger partial charge in [0.1, 0.15) is 12.4 Å². The first-order chi connectivity index (χ1) is 17.7. The van der Waals surface area contributed by atoms with Crippen molar-refractivity contribution in [2.24, 2.45) is 7.05 Å². The number of nitrogens with one attached hydrogen (secondary N) is 1. The monoisotopic (exact) mass is 538 g/mol. The maximum atomic E-state index is 12.6. The number of carbonyl (C=O) groups excluding carboxylic acids is 2. The number of anilines is 1. The lowest BCUT2D eigenvalue weighted by Crippen LogP contribution is -2.16. The molecule has 0 saturated heterocycles. The Bertz CT molecular complexity index is 1450. The van der Waals surface area contributed by atoms with E-state index >= 15 is 0 Å². The van der Waals surface area contributed by atoms with Crippen LogP contribution in [-0.4, -0.2) is 38.5 Å². The first kappa shape index (κ1) is 26.5. The summed E-state index contributed by atoms with van der Waals surface area (Å²) in [6, 6.07) is 16.7. The van der Waals surface area contributed by atoms with E-state index in [-0.39, 0.29) is 24.4 Å². The molecule has 0 aliphatic carbocycles. The molecule has 3 aromatic carbocycles. The van der Waals surface area contributed by atoms with Crippen LogP contribution in [0.1, 0.15) is 35.6 Å². The molecule has 0 unspecified atom stereocenters. The van der Waals surface area contributed by atoms with Gasteiger partial charge in [-0.15, -0.1) is 10.2 Å². The Labute approximate surface area is 224 Å². The predicted octanol–water partition coefficient (Wildman–Crippen LogP) is 5.81. The number of ether oxygens (including phenoxy) is 2. The number of esters is 1. The molecule has 1 amide bonds. The second kappa shape index (κ2) is 11.7. The van der Waals surface area contributed by atoms with Crippen molar-refractivity contribution < 1.29 is 19.1 Å². The minimum absolute atomic E-state index is 0.0770. The Morgan fingerprint density at radius 1 is 1.11 bits per heavy atom. The number of carbonyl (C=O) groups is 2. The molecule has 0 aliphatic heterocycles. The molecule has 0 aliphatic rings. The van der Waals surface area contributed by atoms with Crippen LogP contribution in [0.2, 0.25) is 5.02 Å². The summed E-state index contributed by atoms with van der Waals surface area (Å²) >= 11 is 7.44. The molecular weight excluding hydrogens is 512 g/mol. The van der Waals surface area contributed by atoms with Crippen LogP contribution in [0.15, 0.2) is 59.8 Å². The van der Waals surface area contributed by atoms with E-state index in [1.54, 1.807) is 30.5 Å². The van der Waals surface area contributed by atoms with Crippen molar-refractivity contribution >= 4 is 51.7 Å². The fourth-order valence-corrected chi connectivity index (χ4v) is 4.54. The summed E-state index contributed by atoms with van der Waals surface area (Å²) in [5, 5.41) is 14.3. The zero-order valence-electron chi connectivity index (χ0n) is 20.9. The number of aromatic nitrogens is 3. The molecule has 37 heavy (non-hydrogen) atoms. The second-order valence-electron chi connectivity index (χ2n) is 8.64. The summed E-state index contributed by atoms with van der Waals surface area (Å²) in [6.07, 6.45) is -0.254. The van der Waals surface area contributed by atoms with Gasteiger partial charge in [0, 0.05) is 7.05 Å². The largest absolute Gasteiger partial charge is 0.485 e. The molecule has 0 fully saturated rings. The Morgan fingerprint density at radius 2 is 1.89 bits per heavy atom. The summed E-state index contributed by atoms with van der Waals surface area (Å²) in [4.78, 5) is 24.7. The molecule has 0 atom stereocenters. The van der Waals surface area contributed by atoms with Crippen LogP contribution in [0.3, 0.4) is 0 Å². The fraction of sp³-hybridized carbons (Fsp3) is 0.259. The van der Waals surface area contributed by atoms with Crippen LogP contribution in [-0.2, 0) is 23.2 Å². The minimum atomic E-state index is -0.482. The first-order valence-electron chi connectivity index (χ1n) is 11.7. The normalized spacial score (nSPS) is 11.1. The van der Waals surface area contributed by atoms with Gasteiger partial charge in [-0.1, -0.05) is 53.7 Å². The lowest BCUT2D eigenvalue weighted by Gasteiger charge is -2.12. The fourth-order valence-electron chi connectivity index (χ4n) is 3.65. The highest BCUT2D eigenvalue weighted by Gasteiger charge is 2.16. The number of aryl methyl sites for hydroxylation is 1. The summed E-state index contributed by atoms with van der Waals surface area (Å²) in [7, 11) is 1.83. The van der Waals surface area contributed by atoms with Crippen molar-refractivity contribution in [2.45, 2.75) is 38.6 Å². The molecule has 8 nitrogen and oxygen atoms in total. The van der Waals surface area contributed by atoms with E-state index in [2.05, 4.69) is 27.6 Å². The molecule has 1 N–H and O–H groups in total. The van der Waals surface area contributed by atoms with E-state index < -0.39 is 5.97 Å². The molecule has 0 bridgehead atoms. The third-order valence-corrected chi connectivity index (χ3v) is 6.93. The number of hydrogen-bond donors (Lipinski definition) is 1. The zero-order chi connectivity index (χ0) is 26.5. The van der Waals surface area contributed by atoms with Gasteiger partial charge in [-0.3, -0.25) is 4.79 Å². The number of halogens is 1. The van der Waals surface area contributed by atoms with Crippen molar-refractivity contribution in [3.63, 3.8) is 0 Å². The summed E-state index contributed by atoms with van der Waals surface area (Å²) in [5.74, 6) is 0.716. The zero-order valence-corrected chi connectivity index (χ0v) is 22.5. The summed E-state index contributed by atoms with van der Waals surface area (Å²) < 4.78 is 13.0. The highest BCUT2D eigenvalue weighted by Crippen LogP contribution is 2.28. The third kappa shape index (κ3) is 6.42. The molecule has 1 heterocycles. The SMILES string of the molecule is Cc1c(OCc2nnc(SCC(=O)Nc3cc(C(=O)OC(C)C)ccc3Cl)n2C)ccc2ccccc12. The van der Waals surface area contributed by atoms with E-state index in [1.807, 2.05) is 38.2 Å². The highest BCUT2D eigenvalue weighted by molar-refractivity contribution is 7.99. The number of fused-ring (bicyclic) bond motifs is 1. The van der Waals surface area contributed by atoms with Gasteiger partial charge in [0.15, 0.2) is 11.0 Å². The number of hydrogen-bond acceptors (Lipinski definition) is 7. The van der Waals surface area contributed by atoms with Crippen LogP contribution >= 0.6 is 23.4 Å². The predicted molar refractivity (Wildman–Crippen MR) is 145 cm³/mol. The second-order valence-corrected chi connectivity index (χ2v) is 9.99. The minimum Gasteiger partial charge on any atom is -0.485 e. The Kier molecular flexibility index (Phi) is 8.35. The van der Waals surface area contributed by atoms with Gasteiger partial charge in [-0.05, 0) is 61.4 Å². The Hall–Kier alpha value is -3.56. The number of nitrogens with zero attached hydrogens (tertiary/aromatic N) is 3. The van der Waals surface area contributed by atoms with Crippen LogP contribution in [0, 0.1) is 6.92 Å². The third-order valence-electron chi connectivity index (χ3n) is 5.58. The van der Waals surface area contributed by atoms with Gasteiger partial charge in [0.2, 0.25) is 5.91 Å². The van der Waals surface area contributed by atoms with Crippen LogP contribution < -0.4 is 10.1 Å². The van der Waals surface area contributed by atoms with Crippen molar-refractivity contribution in [3.8, 4) is 5.75 Å². The maximum absolute atomic E-state index is 12.6. The molecule has 0 spiro atoms. The summed E-state index contributed by atoms with van der Waals surface area (Å²) in [6.45, 7) is 5.80. The van der Waals surface area contributed by atoms with Gasteiger partial charge < -0.3 is 19.4 Å². The van der Waals surface area contributed by atoms with Crippen molar-refractivity contribution in [3.05, 3.63) is 76.6 Å². The van der Waals surface area contributed by atoms with Gasteiger partial charge in [0.05, 0.1) is 28.1 Å². The summed E-state index contributed by atoms with van der Waals surface area (Å²) in [5.41, 5.74) is 1.70. The number of benzene rings is 3. The van der Waals surface area contributed by atoms with E-state index in [4.69, 9.17) is 21.1 Å². The molecular formula is C27H27ClN4O4S. The molecule has 10 heteroatoms. The van der Waals surface area contributed by atoms with E-state index in [0.29, 0.717) is 27.3 Å². The average Bonchev–Trinajstić information content (AvgIpc) is 3.22. The van der Waals surface area contributed by atoms with Gasteiger partial charge in [0.25, 0.3) is 0 Å². The van der Waals surface area contributed by atoms with E-state index in [1.165, 1.54) is 17.8 Å². The number of amides is 1. The average molecular weight is 539 g/mol. The first-order valence-corrected chi connectivity index (χ1v) is 13.0. The van der Waals surface area contributed by atoms with E-state index in [9.17, 15) is 9.59 Å². The van der Waals surface area contributed by atoms with Crippen molar-refractivity contribution in [2.75, 3.05) is 11.1 Å². The Balaban J connectivity index is 1.35. The standard InChI is InChI=1S/C27H27ClN4O4S/c1-16(2)36-26(34)19-9-11-21(28)22(13-19)29-25(33)15-37-27-31-30-24(32(27)4)14-35-23-12-10-18-7-5-6-8-20(18)17(23)3/h5-13,16H,14-15H2,1-4H3,(H,29,33). The topological polar surface area (TPSA) is 95.3 Å². The van der Waals surface area contributed by atoms with E-state index in [0.717, 1.165) is 22.1 Å². The highest BCUT2D eigenvalue weighted by atomic mass is 35.5.